The lowest BCUT2D eigenvalue weighted by Gasteiger charge is -2.32. The Morgan fingerprint density at radius 2 is 0.643 bits per heavy atom. The second-order valence-electron chi connectivity index (χ2n) is 15.1. The first-order valence-electron chi connectivity index (χ1n) is 19.1. The van der Waals surface area contributed by atoms with Gasteiger partial charge in [0.25, 0.3) is 0 Å². The number of carbonyl (C=O) groups is 8. The molecule has 12 atom stereocenters. The molecule has 0 aromatic rings. The molecule has 0 aliphatic carbocycles. The summed E-state index contributed by atoms with van der Waals surface area (Å²) in [5, 5.41) is 41.5. The van der Waals surface area contributed by atoms with E-state index in [1.165, 1.54) is 13.8 Å². The van der Waals surface area contributed by atoms with E-state index in [0.717, 1.165) is 0 Å². The molecule has 1 saturated heterocycles. The lowest BCUT2D eigenvalue weighted by atomic mass is 9.96. The highest BCUT2D eigenvalue weighted by Crippen LogP contribution is 2.13. The van der Waals surface area contributed by atoms with E-state index >= 15 is 0 Å². The van der Waals surface area contributed by atoms with Crippen molar-refractivity contribution in [2.75, 3.05) is 11.5 Å². The monoisotopic (exact) mass is 832 g/mol. The minimum atomic E-state index is -1.59. The fourth-order valence-corrected chi connectivity index (χ4v) is 6.19. The van der Waals surface area contributed by atoms with E-state index < -0.39 is 131 Å². The van der Waals surface area contributed by atoms with Gasteiger partial charge in [0.15, 0.2) is 0 Å². The number of hydrogen-bond acceptors (Lipinski definition) is 12. The van der Waals surface area contributed by atoms with Crippen molar-refractivity contribution in [3.8, 4) is 0 Å². The van der Waals surface area contributed by atoms with E-state index in [4.69, 9.17) is 0 Å². The Labute approximate surface area is 340 Å². The number of nitrogens with one attached hydrogen (secondary N) is 8. The van der Waals surface area contributed by atoms with Crippen molar-refractivity contribution in [2.45, 2.75) is 143 Å². The molecule has 8 amide bonds. The fourth-order valence-electron chi connectivity index (χ4n) is 5.68. The molecule has 0 spiro atoms. The van der Waals surface area contributed by atoms with Crippen LogP contribution in [0.4, 0.5) is 0 Å². The maximum absolute atomic E-state index is 13.7. The molecule has 0 saturated carbocycles. The number of aliphatic hydroxyl groups excluding tert-OH is 2. The zero-order valence-electron chi connectivity index (χ0n) is 34.0. The van der Waals surface area contributed by atoms with Gasteiger partial charge < -0.3 is 52.7 Å². The van der Waals surface area contributed by atoms with Gasteiger partial charge in [-0.15, -0.1) is 0 Å². The molecule has 0 bridgehead atoms. The predicted molar refractivity (Wildman–Crippen MR) is 215 cm³/mol. The zero-order chi connectivity index (χ0) is 43.2. The van der Waals surface area contributed by atoms with Gasteiger partial charge in [-0.05, 0) is 37.5 Å². The Morgan fingerprint density at radius 3 is 0.875 bits per heavy atom. The average Bonchev–Trinajstić information content (AvgIpc) is 3.13. The third kappa shape index (κ3) is 14.4. The van der Waals surface area contributed by atoms with Gasteiger partial charge in [0.05, 0.1) is 12.2 Å². The molecule has 320 valence electrons. The van der Waals surface area contributed by atoms with Crippen LogP contribution in [0.15, 0.2) is 0 Å². The van der Waals surface area contributed by atoms with Gasteiger partial charge in [0, 0.05) is 11.5 Å². The fraction of sp³-hybridized carbons (Fsp3) is 0.778. The second kappa shape index (κ2) is 23.6. The Bertz CT molecular complexity index is 1300. The van der Waals surface area contributed by atoms with Gasteiger partial charge in [-0.2, -0.15) is 25.3 Å². The summed E-state index contributed by atoms with van der Waals surface area (Å²) in [4.78, 5) is 109. The molecule has 0 unspecified atom stereocenters. The number of thiol groups is 2. The van der Waals surface area contributed by atoms with Crippen molar-refractivity contribution in [3.63, 3.8) is 0 Å². The SMILES string of the molecule is CC[C@H](C)[C@@H]1NC(=O)[C@H](CS)NC(=O)[C@@H](C(C)C)NC(=O)[C@H]([C@@H](C)O)NC(=O)[C@H]([C@@H](C)CC)NC(=O)[C@H](CS)NC(=O)[C@@H](C(C)C)NC(=O)[C@H]([C@@H](C)O)NC1=O. The number of amides is 8. The molecule has 1 aliphatic heterocycles. The highest BCUT2D eigenvalue weighted by molar-refractivity contribution is 7.80. The summed E-state index contributed by atoms with van der Waals surface area (Å²) in [6, 6.07) is -10.9. The van der Waals surface area contributed by atoms with Gasteiger partial charge >= 0.3 is 0 Å². The summed E-state index contributed by atoms with van der Waals surface area (Å²) >= 11 is 8.45. The van der Waals surface area contributed by atoms with Crippen molar-refractivity contribution >= 4 is 72.5 Å². The predicted octanol–water partition coefficient (Wildman–Crippen LogP) is -2.10. The first-order valence-corrected chi connectivity index (χ1v) is 20.3. The molecule has 1 heterocycles. The number of rotatable bonds is 10. The van der Waals surface area contributed by atoms with E-state index in [-0.39, 0.29) is 11.5 Å². The van der Waals surface area contributed by atoms with Crippen LogP contribution >= 0.6 is 25.3 Å². The molecular formula is C36H64N8O10S2. The van der Waals surface area contributed by atoms with Crippen LogP contribution in [0, 0.1) is 23.7 Å². The highest BCUT2D eigenvalue weighted by Gasteiger charge is 2.39. The quantitative estimate of drug-likeness (QED) is 0.107. The lowest BCUT2D eigenvalue weighted by molar-refractivity contribution is -0.139. The average molecular weight is 833 g/mol. The molecule has 1 fully saturated rings. The minimum absolute atomic E-state index is 0.230. The van der Waals surface area contributed by atoms with E-state index in [1.54, 1.807) is 55.4 Å². The largest absolute Gasteiger partial charge is 0.391 e. The molecule has 10 N–H and O–H groups in total. The van der Waals surface area contributed by atoms with E-state index in [0.29, 0.717) is 12.8 Å². The molecule has 18 nitrogen and oxygen atoms in total. The third-order valence-electron chi connectivity index (χ3n) is 9.84. The normalized spacial score (nSPS) is 29.6. The number of carbonyl (C=O) groups excluding carboxylic acids is 8. The lowest BCUT2D eigenvalue weighted by Crippen LogP contribution is -2.65. The first-order chi connectivity index (χ1) is 26.1. The number of aliphatic hydroxyl groups is 2. The maximum Gasteiger partial charge on any atom is 0.245 e. The summed E-state index contributed by atoms with van der Waals surface area (Å²) in [5.74, 6) is -9.36. The van der Waals surface area contributed by atoms with Gasteiger partial charge in [-0.1, -0.05) is 68.2 Å². The van der Waals surface area contributed by atoms with Gasteiger partial charge in [-0.3, -0.25) is 38.4 Å². The van der Waals surface area contributed by atoms with Gasteiger partial charge in [0.1, 0.15) is 48.3 Å². The molecule has 56 heavy (non-hydrogen) atoms. The van der Waals surface area contributed by atoms with Crippen LogP contribution in [-0.2, 0) is 38.4 Å². The molecular weight excluding hydrogens is 769 g/mol. The summed E-state index contributed by atoms with van der Waals surface area (Å²) in [5.41, 5.74) is 0. The molecule has 0 aromatic heterocycles. The second-order valence-corrected chi connectivity index (χ2v) is 15.9. The molecule has 1 aliphatic rings. The van der Waals surface area contributed by atoms with Crippen LogP contribution in [0.1, 0.15) is 82.1 Å². The van der Waals surface area contributed by atoms with E-state index in [2.05, 4.69) is 67.8 Å². The summed E-state index contributed by atoms with van der Waals surface area (Å²) in [7, 11) is 0. The van der Waals surface area contributed by atoms with Crippen LogP contribution in [0.25, 0.3) is 0 Å². The Balaban J connectivity index is 3.84. The van der Waals surface area contributed by atoms with Gasteiger partial charge in [0.2, 0.25) is 47.3 Å². The van der Waals surface area contributed by atoms with Crippen molar-refractivity contribution in [2.24, 2.45) is 23.7 Å². The summed E-state index contributed by atoms with van der Waals surface area (Å²) in [6.07, 6.45) is -2.17. The highest BCUT2D eigenvalue weighted by atomic mass is 32.1. The summed E-state index contributed by atoms with van der Waals surface area (Å²) < 4.78 is 0. The first kappa shape index (κ1) is 50.4. The van der Waals surface area contributed by atoms with Crippen molar-refractivity contribution in [1.29, 1.82) is 0 Å². The Kier molecular flexibility index (Phi) is 21.2. The Morgan fingerprint density at radius 1 is 0.411 bits per heavy atom. The standard InChI is InChI=1S/C36H64N8O10S2/c1-11-17(7)25-33(51)43-27(19(9)45)35(53)39-24(16(5)6)32(50)38-22(14-56)30(48)42-26(18(8)12-2)34(52)44-28(20(10)46)36(54)40-23(15(3)4)31(49)37-21(13-55)29(47)41-25/h15-28,45-46,55-56H,11-14H2,1-10H3,(H,37,49)(H,38,50)(H,39,53)(H,40,54)(H,41,47)(H,42,48)(H,43,51)(H,44,52)/t17-,18-,19+,20+,21-,22-,23+,24+,25-,26-,27-,28-/m0/s1. The topological polar surface area (TPSA) is 273 Å². The van der Waals surface area contributed by atoms with Crippen LogP contribution in [-0.4, -0.2) is 130 Å². The van der Waals surface area contributed by atoms with E-state index in [9.17, 15) is 48.6 Å². The molecule has 0 radical (unpaired) electrons. The van der Waals surface area contributed by atoms with Crippen LogP contribution < -0.4 is 42.5 Å². The van der Waals surface area contributed by atoms with Crippen molar-refractivity contribution in [1.82, 2.24) is 42.5 Å². The molecule has 0 aromatic carbocycles. The van der Waals surface area contributed by atoms with Crippen molar-refractivity contribution in [3.05, 3.63) is 0 Å². The van der Waals surface area contributed by atoms with Crippen molar-refractivity contribution < 1.29 is 48.6 Å². The van der Waals surface area contributed by atoms with Crippen LogP contribution in [0.3, 0.4) is 0 Å². The van der Waals surface area contributed by atoms with Crippen LogP contribution in [0.2, 0.25) is 0 Å². The smallest absolute Gasteiger partial charge is 0.245 e. The zero-order valence-corrected chi connectivity index (χ0v) is 35.8. The summed E-state index contributed by atoms with van der Waals surface area (Å²) in [6.45, 7) is 15.9. The third-order valence-corrected chi connectivity index (χ3v) is 10.6. The molecule has 20 heteroatoms. The van der Waals surface area contributed by atoms with E-state index in [1.807, 2.05) is 0 Å². The van der Waals surface area contributed by atoms with Crippen LogP contribution in [0.5, 0.6) is 0 Å². The van der Waals surface area contributed by atoms with Gasteiger partial charge in [-0.25, -0.2) is 0 Å². The maximum atomic E-state index is 13.7. The molecule has 1 rings (SSSR count). The Hall–Kier alpha value is -3.62. The number of hydrogen-bond donors (Lipinski definition) is 12. The minimum Gasteiger partial charge on any atom is -0.391 e.